The third kappa shape index (κ3) is 2.42. The van der Waals surface area contributed by atoms with E-state index in [9.17, 15) is 10.1 Å². The molecule has 94 valence electrons. The van der Waals surface area contributed by atoms with Crippen LogP contribution in [0.4, 0.5) is 17.1 Å². The van der Waals surface area contributed by atoms with Crippen molar-refractivity contribution in [2.24, 2.45) is 0 Å². The molecule has 0 aliphatic carbocycles. The zero-order chi connectivity index (χ0) is 13.1. The summed E-state index contributed by atoms with van der Waals surface area (Å²) in [5.74, 6) is 0. The highest BCUT2D eigenvalue weighted by Gasteiger charge is 2.12. The van der Waals surface area contributed by atoms with Gasteiger partial charge in [-0.2, -0.15) is 0 Å². The minimum Gasteiger partial charge on any atom is -0.472 e. The van der Waals surface area contributed by atoms with Gasteiger partial charge < -0.3 is 15.1 Å². The molecule has 6 nitrogen and oxygen atoms in total. The fraction of sp³-hybridized carbons (Fsp3) is 0.167. The van der Waals surface area contributed by atoms with Crippen LogP contribution in [0, 0.1) is 10.1 Å². The van der Waals surface area contributed by atoms with E-state index in [0.29, 0.717) is 12.2 Å². The minimum atomic E-state index is -0.462. The molecule has 1 heterocycles. The first-order valence-electron chi connectivity index (χ1n) is 5.34. The Morgan fingerprint density at radius 3 is 2.78 bits per heavy atom. The SMILES string of the molecule is CN(Cc1ccoc1)c1ccc([N+](=O)[O-])cc1N. The Bertz CT molecular complexity index is 552. The Labute approximate surface area is 104 Å². The molecule has 0 amide bonds. The van der Waals surface area contributed by atoms with Gasteiger partial charge in [0.15, 0.2) is 0 Å². The average Bonchev–Trinajstić information content (AvgIpc) is 2.81. The summed E-state index contributed by atoms with van der Waals surface area (Å²) in [4.78, 5) is 12.1. The fourth-order valence-corrected chi connectivity index (χ4v) is 1.74. The van der Waals surface area contributed by atoms with Crippen LogP contribution in [-0.2, 0) is 6.54 Å². The summed E-state index contributed by atoms with van der Waals surface area (Å²) in [7, 11) is 1.87. The van der Waals surface area contributed by atoms with Crippen molar-refractivity contribution in [1.29, 1.82) is 0 Å². The van der Waals surface area contributed by atoms with E-state index in [0.717, 1.165) is 11.3 Å². The molecule has 0 spiro atoms. The molecule has 2 rings (SSSR count). The van der Waals surface area contributed by atoms with Gasteiger partial charge in [-0.05, 0) is 12.1 Å². The number of hydrogen-bond donors (Lipinski definition) is 1. The Morgan fingerprint density at radius 2 is 2.22 bits per heavy atom. The number of non-ortho nitro benzene ring substituents is 1. The molecule has 6 heteroatoms. The number of nitrogen functional groups attached to an aromatic ring is 1. The lowest BCUT2D eigenvalue weighted by Crippen LogP contribution is -2.17. The maximum atomic E-state index is 10.6. The minimum absolute atomic E-state index is 0.00652. The molecule has 0 bridgehead atoms. The third-order valence-electron chi connectivity index (χ3n) is 2.63. The summed E-state index contributed by atoms with van der Waals surface area (Å²) in [5.41, 5.74) is 7.96. The molecule has 0 aliphatic rings. The molecular weight excluding hydrogens is 234 g/mol. The second-order valence-corrected chi connectivity index (χ2v) is 3.99. The molecule has 1 aromatic heterocycles. The van der Waals surface area contributed by atoms with Crippen molar-refractivity contribution in [2.75, 3.05) is 17.7 Å². The maximum absolute atomic E-state index is 10.6. The predicted octanol–water partition coefficient (Wildman–Crippen LogP) is 2.41. The van der Waals surface area contributed by atoms with Crippen LogP contribution >= 0.6 is 0 Å². The number of hydrogen-bond acceptors (Lipinski definition) is 5. The second kappa shape index (κ2) is 4.79. The van der Waals surface area contributed by atoms with Crippen molar-refractivity contribution < 1.29 is 9.34 Å². The molecule has 0 saturated carbocycles. The van der Waals surface area contributed by atoms with Crippen LogP contribution in [0.15, 0.2) is 41.2 Å². The highest BCUT2D eigenvalue weighted by atomic mass is 16.6. The quantitative estimate of drug-likeness (QED) is 0.509. The van der Waals surface area contributed by atoms with Gasteiger partial charge in [-0.3, -0.25) is 10.1 Å². The van der Waals surface area contributed by atoms with Gasteiger partial charge in [-0.1, -0.05) is 0 Å². The third-order valence-corrected chi connectivity index (χ3v) is 2.63. The number of nitro benzene ring substituents is 1. The lowest BCUT2D eigenvalue weighted by molar-refractivity contribution is -0.384. The van der Waals surface area contributed by atoms with Crippen molar-refractivity contribution in [3.05, 3.63) is 52.5 Å². The van der Waals surface area contributed by atoms with Crippen molar-refractivity contribution in [3.63, 3.8) is 0 Å². The maximum Gasteiger partial charge on any atom is 0.271 e. The van der Waals surface area contributed by atoms with E-state index in [1.807, 2.05) is 18.0 Å². The number of nitrogens with zero attached hydrogens (tertiary/aromatic N) is 2. The first-order valence-corrected chi connectivity index (χ1v) is 5.34. The highest BCUT2D eigenvalue weighted by Crippen LogP contribution is 2.27. The summed E-state index contributed by atoms with van der Waals surface area (Å²) in [6.07, 6.45) is 3.25. The zero-order valence-corrected chi connectivity index (χ0v) is 9.87. The van der Waals surface area contributed by atoms with E-state index >= 15 is 0 Å². The molecule has 18 heavy (non-hydrogen) atoms. The molecule has 1 aromatic carbocycles. The van der Waals surface area contributed by atoms with Crippen LogP contribution in [0.25, 0.3) is 0 Å². The molecule has 0 aliphatic heterocycles. The topological polar surface area (TPSA) is 85.5 Å². The van der Waals surface area contributed by atoms with Crippen LogP contribution < -0.4 is 10.6 Å². The number of rotatable bonds is 4. The standard InChI is InChI=1S/C12H13N3O3/c1-14(7-9-4-5-18-8-9)12-3-2-10(15(16)17)6-11(12)13/h2-6,8H,7,13H2,1H3. The summed E-state index contributed by atoms with van der Waals surface area (Å²) in [6.45, 7) is 0.624. The number of nitrogens with two attached hydrogens (primary N) is 1. The van der Waals surface area contributed by atoms with Crippen LogP contribution in [0.3, 0.4) is 0 Å². The van der Waals surface area contributed by atoms with Gasteiger partial charge in [0.1, 0.15) is 0 Å². The molecule has 0 fully saturated rings. The van der Waals surface area contributed by atoms with Crippen LogP contribution in [0.2, 0.25) is 0 Å². The number of nitro groups is 1. The summed E-state index contributed by atoms with van der Waals surface area (Å²) >= 11 is 0. The van der Waals surface area contributed by atoms with Crippen LogP contribution in [0.5, 0.6) is 0 Å². The van der Waals surface area contributed by atoms with E-state index in [-0.39, 0.29) is 5.69 Å². The lowest BCUT2D eigenvalue weighted by atomic mass is 10.2. The first kappa shape index (κ1) is 12.0. The molecule has 0 saturated heterocycles. The van der Waals surface area contributed by atoms with Gasteiger partial charge >= 0.3 is 0 Å². The van der Waals surface area contributed by atoms with E-state index in [1.54, 1.807) is 18.6 Å². The van der Waals surface area contributed by atoms with Crippen molar-refractivity contribution >= 4 is 17.1 Å². The lowest BCUT2D eigenvalue weighted by Gasteiger charge is -2.20. The molecule has 0 atom stereocenters. The molecular formula is C12H13N3O3. The average molecular weight is 247 g/mol. The van der Waals surface area contributed by atoms with E-state index < -0.39 is 4.92 Å². The molecule has 2 N–H and O–H groups in total. The Hall–Kier alpha value is -2.50. The van der Waals surface area contributed by atoms with Crippen LogP contribution in [-0.4, -0.2) is 12.0 Å². The van der Waals surface area contributed by atoms with Gasteiger partial charge in [-0.15, -0.1) is 0 Å². The van der Waals surface area contributed by atoms with E-state index in [4.69, 9.17) is 10.2 Å². The summed E-state index contributed by atoms with van der Waals surface area (Å²) < 4.78 is 4.98. The smallest absolute Gasteiger partial charge is 0.271 e. The molecule has 2 aromatic rings. The van der Waals surface area contributed by atoms with Gasteiger partial charge in [-0.25, -0.2) is 0 Å². The van der Waals surface area contributed by atoms with Gasteiger partial charge in [0, 0.05) is 31.3 Å². The Kier molecular flexibility index (Phi) is 3.18. The number of furan rings is 1. The Balaban J connectivity index is 2.20. The van der Waals surface area contributed by atoms with Crippen molar-refractivity contribution in [2.45, 2.75) is 6.54 Å². The monoisotopic (exact) mass is 247 g/mol. The van der Waals surface area contributed by atoms with Gasteiger partial charge in [0.2, 0.25) is 0 Å². The van der Waals surface area contributed by atoms with Crippen molar-refractivity contribution in [1.82, 2.24) is 0 Å². The highest BCUT2D eigenvalue weighted by molar-refractivity contribution is 5.70. The largest absolute Gasteiger partial charge is 0.472 e. The van der Waals surface area contributed by atoms with E-state index in [1.165, 1.54) is 12.1 Å². The Morgan fingerprint density at radius 1 is 1.44 bits per heavy atom. The number of anilines is 2. The molecule has 0 radical (unpaired) electrons. The van der Waals surface area contributed by atoms with Crippen molar-refractivity contribution in [3.8, 4) is 0 Å². The fourth-order valence-electron chi connectivity index (χ4n) is 1.74. The van der Waals surface area contributed by atoms with E-state index in [2.05, 4.69) is 0 Å². The first-order chi connectivity index (χ1) is 8.58. The predicted molar refractivity (Wildman–Crippen MR) is 68.3 cm³/mol. The zero-order valence-electron chi connectivity index (χ0n) is 9.87. The van der Waals surface area contributed by atoms with Gasteiger partial charge in [0.25, 0.3) is 5.69 Å². The van der Waals surface area contributed by atoms with Gasteiger partial charge in [0.05, 0.1) is 28.8 Å². The summed E-state index contributed by atoms with van der Waals surface area (Å²) in [6, 6.07) is 6.31. The number of benzene rings is 1. The summed E-state index contributed by atoms with van der Waals surface area (Å²) in [5, 5.41) is 10.6. The normalized spacial score (nSPS) is 10.3. The molecule has 0 unspecified atom stereocenters. The second-order valence-electron chi connectivity index (χ2n) is 3.99. The van der Waals surface area contributed by atoms with Crippen LogP contribution in [0.1, 0.15) is 5.56 Å².